The summed E-state index contributed by atoms with van der Waals surface area (Å²) < 4.78 is 0. The summed E-state index contributed by atoms with van der Waals surface area (Å²) in [6, 6.07) is 7.60. The average Bonchev–Trinajstić information content (AvgIpc) is 2.36. The molecular weight excluding hydrogens is 242 g/mol. The van der Waals surface area contributed by atoms with E-state index >= 15 is 0 Å². The first-order valence-electron chi connectivity index (χ1n) is 6.35. The minimum Gasteiger partial charge on any atom is -0.352 e. The van der Waals surface area contributed by atoms with E-state index in [0.29, 0.717) is 6.54 Å². The molecule has 0 atom stereocenters. The summed E-state index contributed by atoms with van der Waals surface area (Å²) in [5, 5.41) is 5.31. The molecule has 0 radical (unpaired) electrons. The molecule has 0 bridgehead atoms. The van der Waals surface area contributed by atoms with Crippen molar-refractivity contribution in [2.75, 3.05) is 6.54 Å². The zero-order valence-electron chi connectivity index (χ0n) is 11.4. The first-order chi connectivity index (χ1) is 9.02. The normalized spacial score (nSPS) is 10.3. The number of amides is 2. The van der Waals surface area contributed by atoms with Crippen molar-refractivity contribution in [1.82, 2.24) is 10.6 Å². The Bertz CT molecular complexity index is 444. The van der Waals surface area contributed by atoms with Crippen molar-refractivity contribution in [1.29, 1.82) is 0 Å². The number of nitrogens with two attached hydrogens (primary N) is 1. The van der Waals surface area contributed by atoms with Crippen molar-refractivity contribution in [2.24, 2.45) is 5.73 Å². The van der Waals surface area contributed by atoms with Crippen LogP contribution in [0.1, 0.15) is 25.0 Å². The summed E-state index contributed by atoms with van der Waals surface area (Å²) >= 11 is 0. The Morgan fingerprint density at radius 2 is 1.79 bits per heavy atom. The van der Waals surface area contributed by atoms with Crippen LogP contribution in [0.15, 0.2) is 24.3 Å². The Labute approximate surface area is 113 Å². The van der Waals surface area contributed by atoms with Crippen LogP contribution >= 0.6 is 0 Å². The maximum atomic E-state index is 11.7. The van der Waals surface area contributed by atoms with Crippen LogP contribution in [0.25, 0.3) is 0 Å². The van der Waals surface area contributed by atoms with Crippen LogP contribution in [0.5, 0.6) is 0 Å². The van der Waals surface area contributed by atoms with Crippen LogP contribution in [-0.2, 0) is 22.6 Å². The molecule has 0 fully saturated rings. The third kappa shape index (κ3) is 5.52. The second-order valence-electron chi connectivity index (χ2n) is 4.65. The van der Waals surface area contributed by atoms with Gasteiger partial charge in [-0.1, -0.05) is 24.3 Å². The third-order valence-corrected chi connectivity index (χ3v) is 2.59. The van der Waals surface area contributed by atoms with E-state index in [-0.39, 0.29) is 30.8 Å². The zero-order chi connectivity index (χ0) is 14.3. The molecule has 104 valence electrons. The lowest BCUT2D eigenvalue weighted by Gasteiger charge is -2.10. The molecule has 19 heavy (non-hydrogen) atoms. The van der Waals surface area contributed by atoms with E-state index < -0.39 is 0 Å². The molecular formula is C14H21N3O2. The molecule has 5 heteroatoms. The number of carbonyl (C=O) groups excluding carboxylic acids is 2. The number of benzene rings is 1. The lowest BCUT2D eigenvalue weighted by atomic mass is 10.0. The Hall–Kier alpha value is -1.88. The quantitative estimate of drug-likeness (QED) is 0.691. The van der Waals surface area contributed by atoms with Crippen molar-refractivity contribution in [3.05, 3.63) is 35.4 Å². The SMILES string of the molecule is CC(C)NC(=O)CNC(=O)Cc1ccccc1CN. The van der Waals surface area contributed by atoms with Gasteiger partial charge in [0, 0.05) is 12.6 Å². The molecule has 0 aliphatic heterocycles. The summed E-state index contributed by atoms with van der Waals surface area (Å²) in [5.74, 6) is -0.365. The summed E-state index contributed by atoms with van der Waals surface area (Å²) in [6.45, 7) is 4.15. The maximum Gasteiger partial charge on any atom is 0.239 e. The van der Waals surface area contributed by atoms with Gasteiger partial charge in [0.2, 0.25) is 11.8 Å². The Morgan fingerprint density at radius 1 is 1.16 bits per heavy atom. The molecule has 2 amide bonds. The van der Waals surface area contributed by atoms with Gasteiger partial charge >= 0.3 is 0 Å². The van der Waals surface area contributed by atoms with Gasteiger partial charge in [-0.3, -0.25) is 9.59 Å². The Balaban J connectivity index is 2.45. The molecule has 0 heterocycles. The largest absolute Gasteiger partial charge is 0.352 e. The molecule has 0 aliphatic rings. The van der Waals surface area contributed by atoms with Crippen LogP contribution in [0.3, 0.4) is 0 Å². The highest BCUT2D eigenvalue weighted by Gasteiger charge is 2.09. The molecule has 1 aromatic carbocycles. The monoisotopic (exact) mass is 263 g/mol. The van der Waals surface area contributed by atoms with Crippen LogP contribution in [0.4, 0.5) is 0 Å². The number of carbonyl (C=O) groups is 2. The van der Waals surface area contributed by atoms with Gasteiger partial charge < -0.3 is 16.4 Å². The Morgan fingerprint density at radius 3 is 2.37 bits per heavy atom. The zero-order valence-corrected chi connectivity index (χ0v) is 11.4. The molecule has 1 rings (SSSR count). The van der Waals surface area contributed by atoms with E-state index in [4.69, 9.17) is 5.73 Å². The van der Waals surface area contributed by atoms with Crippen LogP contribution < -0.4 is 16.4 Å². The molecule has 0 aromatic heterocycles. The highest BCUT2D eigenvalue weighted by Crippen LogP contribution is 2.08. The molecule has 1 aromatic rings. The summed E-state index contributed by atoms with van der Waals surface area (Å²) in [4.78, 5) is 23.1. The molecule has 0 unspecified atom stereocenters. The number of nitrogens with one attached hydrogen (secondary N) is 2. The smallest absolute Gasteiger partial charge is 0.239 e. The predicted molar refractivity (Wildman–Crippen MR) is 74.3 cm³/mol. The van der Waals surface area contributed by atoms with Gasteiger partial charge in [0.1, 0.15) is 0 Å². The first-order valence-corrected chi connectivity index (χ1v) is 6.35. The van der Waals surface area contributed by atoms with Gasteiger partial charge in [-0.15, -0.1) is 0 Å². The van der Waals surface area contributed by atoms with Crippen molar-refractivity contribution in [2.45, 2.75) is 32.9 Å². The van der Waals surface area contributed by atoms with Gasteiger partial charge in [-0.05, 0) is 25.0 Å². The number of hydrogen-bond acceptors (Lipinski definition) is 3. The molecule has 4 N–H and O–H groups in total. The van der Waals surface area contributed by atoms with E-state index in [0.717, 1.165) is 11.1 Å². The summed E-state index contributed by atoms with van der Waals surface area (Å²) in [6.07, 6.45) is 0.238. The second-order valence-corrected chi connectivity index (χ2v) is 4.65. The summed E-state index contributed by atoms with van der Waals surface area (Å²) in [7, 11) is 0. The van der Waals surface area contributed by atoms with Gasteiger partial charge in [-0.2, -0.15) is 0 Å². The van der Waals surface area contributed by atoms with E-state index in [1.165, 1.54) is 0 Å². The topological polar surface area (TPSA) is 84.2 Å². The molecule has 0 saturated carbocycles. The lowest BCUT2D eigenvalue weighted by Crippen LogP contribution is -2.40. The molecule has 0 aliphatic carbocycles. The molecule has 0 saturated heterocycles. The fourth-order valence-electron chi connectivity index (χ4n) is 1.72. The molecule has 5 nitrogen and oxygen atoms in total. The maximum absolute atomic E-state index is 11.7. The standard InChI is InChI=1S/C14H21N3O2/c1-10(2)17-14(19)9-16-13(18)7-11-5-3-4-6-12(11)8-15/h3-6,10H,7-9,15H2,1-2H3,(H,16,18)(H,17,19). The fraction of sp³-hybridized carbons (Fsp3) is 0.429. The van der Waals surface area contributed by atoms with Gasteiger partial charge in [0.05, 0.1) is 13.0 Å². The van der Waals surface area contributed by atoms with E-state index in [1.807, 2.05) is 38.1 Å². The van der Waals surface area contributed by atoms with Crippen LogP contribution in [0.2, 0.25) is 0 Å². The minimum absolute atomic E-state index is 0.00179. The van der Waals surface area contributed by atoms with E-state index in [2.05, 4.69) is 10.6 Å². The number of hydrogen-bond donors (Lipinski definition) is 3. The van der Waals surface area contributed by atoms with Gasteiger partial charge in [-0.25, -0.2) is 0 Å². The van der Waals surface area contributed by atoms with Crippen molar-refractivity contribution >= 4 is 11.8 Å². The van der Waals surface area contributed by atoms with Gasteiger partial charge in [0.25, 0.3) is 0 Å². The van der Waals surface area contributed by atoms with E-state index in [9.17, 15) is 9.59 Å². The third-order valence-electron chi connectivity index (χ3n) is 2.59. The van der Waals surface area contributed by atoms with E-state index in [1.54, 1.807) is 0 Å². The highest BCUT2D eigenvalue weighted by atomic mass is 16.2. The highest BCUT2D eigenvalue weighted by molar-refractivity contribution is 5.85. The first kappa shape index (κ1) is 15.2. The van der Waals surface area contributed by atoms with Crippen LogP contribution in [-0.4, -0.2) is 24.4 Å². The average molecular weight is 263 g/mol. The van der Waals surface area contributed by atoms with Crippen molar-refractivity contribution in [3.8, 4) is 0 Å². The minimum atomic E-state index is -0.185. The second kappa shape index (κ2) is 7.53. The molecule has 0 spiro atoms. The van der Waals surface area contributed by atoms with Crippen molar-refractivity contribution in [3.63, 3.8) is 0 Å². The fourth-order valence-corrected chi connectivity index (χ4v) is 1.72. The van der Waals surface area contributed by atoms with Crippen molar-refractivity contribution < 1.29 is 9.59 Å². The number of rotatable bonds is 6. The predicted octanol–water partition coefficient (Wildman–Crippen LogP) is 0.329. The lowest BCUT2D eigenvalue weighted by molar-refractivity contribution is -0.126. The summed E-state index contributed by atoms with van der Waals surface area (Å²) in [5.41, 5.74) is 7.45. The van der Waals surface area contributed by atoms with Crippen LogP contribution in [0, 0.1) is 0 Å². The Kier molecular flexibility index (Phi) is 6.02. The van der Waals surface area contributed by atoms with Gasteiger partial charge in [0.15, 0.2) is 0 Å².